The van der Waals surface area contributed by atoms with E-state index in [0.717, 1.165) is 103 Å². The second kappa shape index (κ2) is 57.3. The van der Waals surface area contributed by atoms with Gasteiger partial charge < -0.3 is 35.0 Å². The van der Waals surface area contributed by atoms with E-state index in [4.69, 9.17) is 10.1 Å². The van der Waals surface area contributed by atoms with Gasteiger partial charge in [0, 0.05) is 129 Å². The van der Waals surface area contributed by atoms with Crippen LogP contribution in [0, 0.1) is 76.1 Å². The number of ketones is 1. The normalized spacial score (nSPS) is 10.9. The Morgan fingerprint density at radius 3 is 1.03 bits per heavy atom. The monoisotopic (exact) mass is 2610 g/mol. The zero-order valence-corrected chi connectivity index (χ0v) is 96.5. The number of allylic oxidation sites excluding steroid dienone is 2. The predicted molar refractivity (Wildman–Crippen MR) is 587 cm³/mol. The standard InChI is InChI=1S/C22H24N.2C21H20N.C18H14N.2C15H16N.C13H12N.C6H10O2.4Ir/c1-14(2)8-18-13-22(19-10-16(4)9-17(5)11-19)23-21-7-6-15(3)12-20(18)21;1-21(2,3)19-12-13-22-20(15-19)18-11-7-10-17(14-18)16-8-5-4-6-9-16;1-21(2,3)19-12-13-20(22-15-19)18-11-7-10-17(14-18)16-8-5-4-6-9-16;1-14-10-11-18(19-13-14)17-9-5-8-16(12-17)15-6-3-2-4-7-15;2*1-15(2,3)13-9-10-14(16-11-13)12-7-5-4-6-8-12;1-2-11-8-9-13(14-10-11)12-6-4-3-5-7-12;1-4(5(2)7)6(3)8;;;;/h6-7,9-10,12-14H,8H2,1-5H3;2*4-10,12-15H,1-3H3;2-8,10-13H,1H3;2*4-7,9-11H,1-3H3;3-6,8-10H,2H2,1H3;7H,1-3H3;;;;/q7*-1;;;;;. The van der Waals surface area contributed by atoms with Crippen molar-refractivity contribution >= 4 is 16.7 Å². The number of pyridine rings is 7. The number of fused-ring (bicyclic) bond motifs is 1. The summed E-state index contributed by atoms with van der Waals surface area (Å²) < 4.78 is 0. The van der Waals surface area contributed by atoms with Gasteiger partial charge in [-0.25, -0.2) is 0 Å². The zero-order valence-electron chi connectivity index (χ0n) is 87.0. The fourth-order valence-electron chi connectivity index (χ4n) is 14.8. The number of nitrogens with zero attached hydrogens (tertiary/aromatic N) is 7. The number of aryl methyl sites for hydroxylation is 5. The number of rotatable bonds is 14. The summed E-state index contributed by atoms with van der Waals surface area (Å²) in [6.45, 7) is 46.0. The molecule has 7 heterocycles. The molecule has 11 aromatic carbocycles. The summed E-state index contributed by atoms with van der Waals surface area (Å²) in [6.07, 6.45) is 13.7. The van der Waals surface area contributed by atoms with E-state index < -0.39 is 0 Å². The molecule has 13 heteroatoms. The second-order valence-corrected chi connectivity index (χ2v) is 39.6. The Kier molecular flexibility index (Phi) is 47.1. The van der Waals surface area contributed by atoms with Gasteiger partial charge in [0.1, 0.15) is 0 Å². The minimum absolute atomic E-state index is 0. The van der Waals surface area contributed by atoms with Crippen LogP contribution in [0.1, 0.15) is 180 Å². The molecule has 0 bridgehead atoms. The molecular formula is C131H132Ir4N7O2-7. The molecular weight excluding hydrogens is 2470 g/mol. The quantitative estimate of drug-likeness (QED) is 0.0643. The van der Waals surface area contributed by atoms with E-state index >= 15 is 0 Å². The number of aliphatic hydroxyl groups is 1. The van der Waals surface area contributed by atoms with Gasteiger partial charge >= 0.3 is 0 Å². The summed E-state index contributed by atoms with van der Waals surface area (Å²) in [7, 11) is 0. The number of carbonyl (C=O) groups is 1. The molecule has 18 rings (SSSR count). The third kappa shape index (κ3) is 37.0. The van der Waals surface area contributed by atoms with Crippen LogP contribution in [0.4, 0.5) is 0 Å². The summed E-state index contributed by atoms with van der Waals surface area (Å²) in [5.74, 6) is 0.652. The average Bonchev–Trinajstić information content (AvgIpc) is 0.787. The Morgan fingerprint density at radius 2 is 0.694 bits per heavy atom. The number of carbonyl (C=O) groups excluding carboxylic acids is 1. The maximum Gasteiger partial charge on any atom is 0.158 e. The van der Waals surface area contributed by atoms with Crippen molar-refractivity contribution in [2.45, 2.75) is 187 Å². The van der Waals surface area contributed by atoms with E-state index in [1.54, 1.807) is 6.92 Å². The van der Waals surface area contributed by atoms with Crippen LogP contribution in [-0.4, -0.2) is 45.8 Å². The van der Waals surface area contributed by atoms with Crippen LogP contribution >= 0.6 is 0 Å². The van der Waals surface area contributed by atoms with Gasteiger partial charge in [-0.15, -0.1) is 249 Å². The fourth-order valence-corrected chi connectivity index (χ4v) is 14.8. The molecule has 0 amide bonds. The van der Waals surface area contributed by atoms with Crippen LogP contribution in [0.2, 0.25) is 0 Å². The van der Waals surface area contributed by atoms with Crippen molar-refractivity contribution in [3.8, 4) is 112 Å². The third-order valence-electron chi connectivity index (χ3n) is 23.3. The molecule has 9 nitrogen and oxygen atoms in total. The minimum atomic E-state index is -0.0787. The van der Waals surface area contributed by atoms with Crippen LogP contribution < -0.4 is 0 Å². The molecule has 4 radical (unpaired) electrons. The molecule has 746 valence electrons. The fraction of sp³-hybridized carbons (Fsp3) is 0.221. The second-order valence-electron chi connectivity index (χ2n) is 39.6. The van der Waals surface area contributed by atoms with Gasteiger partial charge in [0.15, 0.2) is 5.78 Å². The Bertz CT molecular complexity index is 6850. The molecule has 18 aromatic rings. The number of aliphatic hydroxyl groups excluding tert-OH is 1. The van der Waals surface area contributed by atoms with Gasteiger partial charge in [0.05, 0.1) is 11.3 Å². The molecule has 0 spiro atoms. The number of Topliss-reactive ketones (excluding diaryl/α,β-unsaturated/α-hetero) is 1. The predicted octanol–water partition coefficient (Wildman–Crippen LogP) is 33.6. The van der Waals surface area contributed by atoms with Crippen molar-refractivity contribution in [2.75, 3.05) is 0 Å². The Labute approximate surface area is 912 Å². The van der Waals surface area contributed by atoms with Crippen molar-refractivity contribution in [3.63, 3.8) is 0 Å². The van der Waals surface area contributed by atoms with Gasteiger partial charge in [0.25, 0.3) is 0 Å². The van der Waals surface area contributed by atoms with Crippen LogP contribution in [-0.2, 0) is 120 Å². The molecule has 0 fully saturated rings. The Morgan fingerprint density at radius 1 is 0.319 bits per heavy atom. The van der Waals surface area contributed by atoms with Crippen molar-refractivity contribution < 1.29 is 90.3 Å². The summed E-state index contributed by atoms with van der Waals surface area (Å²) >= 11 is 0. The van der Waals surface area contributed by atoms with E-state index in [9.17, 15) is 4.79 Å². The first-order chi connectivity index (χ1) is 66.9. The van der Waals surface area contributed by atoms with Crippen molar-refractivity contribution in [3.05, 3.63) is 474 Å². The van der Waals surface area contributed by atoms with E-state index in [1.165, 1.54) is 103 Å². The topological polar surface area (TPSA) is 128 Å². The minimum Gasteiger partial charge on any atom is -0.512 e. The van der Waals surface area contributed by atoms with Crippen molar-refractivity contribution in [1.82, 2.24) is 34.9 Å². The van der Waals surface area contributed by atoms with Gasteiger partial charge in [-0.05, 0) is 189 Å². The first-order valence-corrected chi connectivity index (χ1v) is 48.1. The van der Waals surface area contributed by atoms with Crippen molar-refractivity contribution in [2.24, 2.45) is 5.92 Å². The largest absolute Gasteiger partial charge is 0.512 e. The maximum absolute atomic E-state index is 10.4. The van der Waals surface area contributed by atoms with E-state index in [-0.39, 0.29) is 114 Å². The first kappa shape index (κ1) is 118. The summed E-state index contributed by atoms with van der Waals surface area (Å²) in [6, 6.07) is 135. The third-order valence-corrected chi connectivity index (χ3v) is 23.3. The molecule has 7 aromatic heterocycles. The van der Waals surface area contributed by atoms with Crippen LogP contribution in [0.3, 0.4) is 0 Å². The van der Waals surface area contributed by atoms with Crippen LogP contribution in [0.15, 0.2) is 376 Å². The smallest absolute Gasteiger partial charge is 0.158 e. The Balaban J connectivity index is 0.000000225. The number of hydrogen-bond acceptors (Lipinski definition) is 9. The number of benzene rings is 11. The summed E-state index contributed by atoms with van der Waals surface area (Å²) in [5, 5.41) is 9.93. The molecule has 0 aliphatic rings. The molecule has 0 atom stereocenters. The van der Waals surface area contributed by atoms with E-state index in [0.29, 0.717) is 11.5 Å². The van der Waals surface area contributed by atoms with Gasteiger partial charge in [0.2, 0.25) is 0 Å². The molecule has 144 heavy (non-hydrogen) atoms. The van der Waals surface area contributed by atoms with Crippen LogP contribution in [0.25, 0.3) is 123 Å². The molecule has 1 N–H and O–H groups in total. The number of aromatic nitrogens is 7. The molecule has 0 aliphatic carbocycles. The van der Waals surface area contributed by atoms with Gasteiger partial charge in [-0.3, -0.25) is 9.78 Å². The summed E-state index contributed by atoms with van der Waals surface area (Å²) in [4.78, 5) is 42.2. The molecule has 0 unspecified atom stereocenters. The zero-order chi connectivity index (χ0) is 101. The SMILES string of the molecule is CC(=O)C(C)=C(C)O.CC(C)(C)c1ccc(-c2[c-]ccc(-c3ccccc3)c2)nc1.CC(C)(C)c1ccc(-c2[c-]cccc2)nc1.CC(C)(C)c1ccc(-c2[c-]cccc2)nc1.CC(C)(C)c1ccnc(-c2[c-]ccc(-c3ccccc3)c2)c1.CCc1ccc(-c2[c-]cccc2)nc1.Cc1[c-]c(-c2cc(CC(C)C)c3cc(C)ccc3n2)cc(C)c1.Cc1ccc(-c2[c-]ccc(-c3ccccc3)c2)nc1.[Ir].[Ir].[Ir].[Ir]. The maximum atomic E-state index is 10.4. The van der Waals surface area contributed by atoms with E-state index in [2.05, 4.69) is 403 Å². The number of hydrogen-bond donors (Lipinski definition) is 1. The van der Waals surface area contributed by atoms with Gasteiger partial charge in [-0.2, -0.15) is 0 Å². The molecule has 0 aliphatic heterocycles. The van der Waals surface area contributed by atoms with Crippen LogP contribution in [0.5, 0.6) is 0 Å². The van der Waals surface area contributed by atoms with Crippen molar-refractivity contribution in [1.29, 1.82) is 0 Å². The van der Waals surface area contributed by atoms with Gasteiger partial charge in [-0.1, -0.05) is 293 Å². The molecule has 0 saturated heterocycles. The summed E-state index contributed by atoms with van der Waals surface area (Å²) in [5.41, 5.74) is 36.1. The average molecular weight is 2610 g/mol. The Hall–Kier alpha value is -12.5. The molecule has 0 saturated carbocycles. The van der Waals surface area contributed by atoms with E-state index in [1.807, 2.05) is 165 Å². The first-order valence-electron chi connectivity index (χ1n) is 48.1.